The summed E-state index contributed by atoms with van der Waals surface area (Å²) in [7, 11) is 0. The van der Waals surface area contributed by atoms with Crippen molar-refractivity contribution in [2.24, 2.45) is 5.92 Å². The first-order chi connectivity index (χ1) is 8.74. The number of ether oxygens (including phenoxy) is 1. The fourth-order valence-electron chi connectivity index (χ4n) is 2.69. The van der Waals surface area contributed by atoms with Gasteiger partial charge in [0.15, 0.2) is 0 Å². The van der Waals surface area contributed by atoms with E-state index in [0.717, 1.165) is 13.0 Å². The van der Waals surface area contributed by atoms with Crippen molar-refractivity contribution in [3.05, 3.63) is 0 Å². The number of amides is 2. The second-order valence-corrected chi connectivity index (χ2v) is 5.31. The van der Waals surface area contributed by atoms with Crippen LogP contribution in [0, 0.1) is 5.92 Å². The van der Waals surface area contributed by atoms with Crippen molar-refractivity contribution in [1.82, 2.24) is 16.0 Å². The van der Waals surface area contributed by atoms with E-state index in [1.54, 1.807) is 0 Å². The number of piperazine rings is 1. The molecule has 0 aromatic heterocycles. The Kier molecular flexibility index (Phi) is 3.22. The van der Waals surface area contributed by atoms with Gasteiger partial charge in [0.05, 0.1) is 18.7 Å². The van der Waals surface area contributed by atoms with Crippen LogP contribution in [0.4, 0.5) is 0 Å². The summed E-state index contributed by atoms with van der Waals surface area (Å²) in [5.74, 6) is 0.548. The van der Waals surface area contributed by atoms with Crippen LogP contribution >= 0.6 is 0 Å². The van der Waals surface area contributed by atoms with Crippen molar-refractivity contribution >= 4 is 11.8 Å². The van der Waals surface area contributed by atoms with Crippen LogP contribution < -0.4 is 16.0 Å². The van der Waals surface area contributed by atoms with E-state index in [9.17, 15) is 9.59 Å². The van der Waals surface area contributed by atoms with Crippen LogP contribution in [-0.4, -0.2) is 49.7 Å². The van der Waals surface area contributed by atoms with Gasteiger partial charge in [0.2, 0.25) is 11.8 Å². The number of carbonyl (C=O) groups excluding carboxylic acids is 2. The molecule has 6 heteroatoms. The summed E-state index contributed by atoms with van der Waals surface area (Å²) in [6.45, 7) is 1.32. The van der Waals surface area contributed by atoms with Crippen molar-refractivity contribution < 1.29 is 14.3 Å². The maximum atomic E-state index is 12.1. The van der Waals surface area contributed by atoms with E-state index in [1.165, 1.54) is 12.8 Å². The number of hydrogen-bond donors (Lipinski definition) is 3. The van der Waals surface area contributed by atoms with E-state index < -0.39 is 0 Å². The third-order valence-corrected chi connectivity index (χ3v) is 3.88. The van der Waals surface area contributed by atoms with Gasteiger partial charge < -0.3 is 15.4 Å². The van der Waals surface area contributed by atoms with Gasteiger partial charge in [-0.1, -0.05) is 0 Å². The van der Waals surface area contributed by atoms with Crippen LogP contribution in [0.15, 0.2) is 0 Å². The molecule has 3 N–H and O–H groups in total. The highest BCUT2D eigenvalue weighted by atomic mass is 16.5. The van der Waals surface area contributed by atoms with E-state index in [2.05, 4.69) is 16.0 Å². The first kappa shape index (κ1) is 11.9. The summed E-state index contributed by atoms with van der Waals surface area (Å²) >= 11 is 0. The van der Waals surface area contributed by atoms with E-state index in [4.69, 9.17) is 4.74 Å². The van der Waals surface area contributed by atoms with Gasteiger partial charge in [-0.3, -0.25) is 14.9 Å². The minimum atomic E-state index is -0.317. The van der Waals surface area contributed by atoms with E-state index in [1.807, 2.05) is 0 Å². The van der Waals surface area contributed by atoms with Gasteiger partial charge in [0.1, 0.15) is 6.04 Å². The van der Waals surface area contributed by atoms with Gasteiger partial charge in [-0.05, 0) is 25.2 Å². The quantitative estimate of drug-likeness (QED) is 0.588. The molecule has 0 radical (unpaired) electrons. The second kappa shape index (κ2) is 4.85. The highest BCUT2D eigenvalue weighted by Crippen LogP contribution is 2.38. The first-order valence-corrected chi connectivity index (χ1v) is 6.66. The van der Waals surface area contributed by atoms with Crippen molar-refractivity contribution in [3.8, 4) is 0 Å². The molecule has 100 valence electrons. The minimum Gasteiger partial charge on any atom is -0.376 e. The fourth-order valence-corrected chi connectivity index (χ4v) is 2.69. The first-order valence-electron chi connectivity index (χ1n) is 6.66. The molecule has 0 spiro atoms. The molecular weight excluding hydrogens is 234 g/mol. The molecule has 2 amide bonds. The third kappa shape index (κ3) is 2.49. The van der Waals surface area contributed by atoms with Crippen molar-refractivity contribution in [2.45, 2.75) is 37.5 Å². The van der Waals surface area contributed by atoms with E-state index >= 15 is 0 Å². The highest BCUT2D eigenvalue weighted by molar-refractivity contribution is 5.86. The Hall–Kier alpha value is -1.14. The van der Waals surface area contributed by atoms with Gasteiger partial charge in [-0.15, -0.1) is 0 Å². The lowest BCUT2D eigenvalue weighted by Crippen LogP contribution is -2.59. The molecule has 0 aromatic rings. The number of rotatable bonds is 3. The van der Waals surface area contributed by atoms with Crippen molar-refractivity contribution in [3.63, 3.8) is 0 Å². The highest BCUT2D eigenvalue weighted by Gasteiger charge is 2.41. The molecule has 3 aliphatic rings. The molecule has 2 heterocycles. The summed E-state index contributed by atoms with van der Waals surface area (Å²) in [6, 6.07) is -0.174. The lowest BCUT2D eigenvalue weighted by Gasteiger charge is -2.26. The zero-order valence-corrected chi connectivity index (χ0v) is 10.3. The monoisotopic (exact) mass is 253 g/mol. The molecule has 2 saturated heterocycles. The number of hydrogen-bond acceptors (Lipinski definition) is 4. The van der Waals surface area contributed by atoms with Gasteiger partial charge in [0.25, 0.3) is 0 Å². The van der Waals surface area contributed by atoms with Crippen LogP contribution in [-0.2, 0) is 14.3 Å². The maximum absolute atomic E-state index is 12.1. The fraction of sp³-hybridized carbons (Fsp3) is 0.833. The summed E-state index contributed by atoms with van der Waals surface area (Å²) in [4.78, 5) is 23.1. The lowest BCUT2D eigenvalue weighted by molar-refractivity contribution is -0.127. The molecule has 0 aromatic carbocycles. The Balaban J connectivity index is 1.52. The molecule has 18 heavy (non-hydrogen) atoms. The van der Waals surface area contributed by atoms with E-state index in [0.29, 0.717) is 12.5 Å². The topological polar surface area (TPSA) is 79.5 Å². The van der Waals surface area contributed by atoms with Gasteiger partial charge >= 0.3 is 0 Å². The van der Waals surface area contributed by atoms with Gasteiger partial charge in [0, 0.05) is 13.2 Å². The Bertz CT molecular complexity index is 346. The van der Waals surface area contributed by atoms with Gasteiger partial charge in [-0.2, -0.15) is 0 Å². The molecular formula is C12H19N3O3. The van der Waals surface area contributed by atoms with E-state index in [-0.39, 0.29) is 36.5 Å². The summed E-state index contributed by atoms with van der Waals surface area (Å²) in [6.07, 6.45) is 3.53. The Labute approximate surface area is 106 Å². The third-order valence-electron chi connectivity index (χ3n) is 3.88. The zero-order chi connectivity index (χ0) is 12.5. The minimum absolute atomic E-state index is 0.0313. The summed E-state index contributed by atoms with van der Waals surface area (Å²) in [5, 5.41) is 8.69. The summed E-state index contributed by atoms with van der Waals surface area (Å²) < 4.78 is 5.69. The molecule has 1 saturated carbocycles. The molecule has 3 fully saturated rings. The number of nitrogens with one attached hydrogen (secondary N) is 3. The molecule has 1 aliphatic carbocycles. The van der Waals surface area contributed by atoms with Gasteiger partial charge in [-0.25, -0.2) is 0 Å². The molecule has 2 aliphatic heterocycles. The average molecular weight is 253 g/mol. The van der Waals surface area contributed by atoms with Crippen LogP contribution in [0.5, 0.6) is 0 Å². The number of carbonyl (C=O) groups is 2. The van der Waals surface area contributed by atoms with Crippen LogP contribution in [0.25, 0.3) is 0 Å². The average Bonchev–Trinajstić information content (AvgIpc) is 3.11. The largest absolute Gasteiger partial charge is 0.376 e. The molecule has 3 atom stereocenters. The SMILES string of the molecule is O=C1CNC(C(=O)NC2CCOC2C2CC2)CN1. The second-order valence-electron chi connectivity index (χ2n) is 5.31. The molecule has 3 rings (SSSR count). The molecule has 3 unspecified atom stereocenters. The van der Waals surface area contributed by atoms with Crippen LogP contribution in [0.1, 0.15) is 19.3 Å². The summed E-state index contributed by atoms with van der Waals surface area (Å²) in [5.41, 5.74) is 0. The normalized spacial score (nSPS) is 36.2. The van der Waals surface area contributed by atoms with Crippen molar-refractivity contribution in [1.29, 1.82) is 0 Å². The zero-order valence-electron chi connectivity index (χ0n) is 10.3. The molecule has 0 bridgehead atoms. The Morgan fingerprint density at radius 2 is 2.17 bits per heavy atom. The Morgan fingerprint density at radius 1 is 1.33 bits per heavy atom. The van der Waals surface area contributed by atoms with Crippen LogP contribution in [0.3, 0.4) is 0 Å². The molecule has 6 nitrogen and oxygen atoms in total. The Morgan fingerprint density at radius 3 is 2.83 bits per heavy atom. The predicted molar refractivity (Wildman–Crippen MR) is 63.8 cm³/mol. The van der Waals surface area contributed by atoms with Crippen molar-refractivity contribution in [2.75, 3.05) is 19.7 Å². The predicted octanol–water partition coefficient (Wildman–Crippen LogP) is -1.24. The maximum Gasteiger partial charge on any atom is 0.239 e. The lowest BCUT2D eigenvalue weighted by atomic mass is 10.1. The standard InChI is InChI=1S/C12H19N3O3/c16-10-6-13-9(5-14-10)12(17)15-8-3-4-18-11(8)7-1-2-7/h7-9,11,13H,1-6H2,(H,14,16)(H,15,17). The smallest absolute Gasteiger partial charge is 0.239 e. The van der Waals surface area contributed by atoms with Crippen LogP contribution in [0.2, 0.25) is 0 Å².